The summed E-state index contributed by atoms with van der Waals surface area (Å²) in [7, 11) is -3.69. The summed E-state index contributed by atoms with van der Waals surface area (Å²) < 4.78 is 68.8. The Kier molecular flexibility index (Phi) is 5.83. The van der Waals surface area contributed by atoms with Gasteiger partial charge >= 0.3 is 6.61 Å². The SMILES string of the molecule is Cc1cc(OC(F)F)cnc1C(=O)Nc1ccc(F)c(C2(C)CS(=O)(=O)C3(CCC3)C(N)=N2)c1. The summed E-state index contributed by atoms with van der Waals surface area (Å²) in [4.78, 5) is 21.0. The number of aryl methyl sites for hydroxylation is 1. The number of benzene rings is 1. The average Bonchev–Trinajstić information content (AvgIpc) is 2.66. The zero-order chi connectivity index (χ0) is 24.9. The van der Waals surface area contributed by atoms with Crippen molar-refractivity contribution in [3.63, 3.8) is 0 Å². The van der Waals surface area contributed by atoms with Gasteiger partial charge in [0.2, 0.25) is 0 Å². The molecule has 1 aliphatic carbocycles. The van der Waals surface area contributed by atoms with Crippen LogP contribution in [0.3, 0.4) is 0 Å². The number of sulfone groups is 1. The molecule has 1 saturated carbocycles. The number of carbonyl (C=O) groups excluding carboxylic acids is 1. The van der Waals surface area contributed by atoms with E-state index in [4.69, 9.17) is 5.73 Å². The number of nitrogens with two attached hydrogens (primary N) is 1. The highest BCUT2D eigenvalue weighted by Gasteiger charge is 2.58. The van der Waals surface area contributed by atoms with Crippen molar-refractivity contribution >= 4 is 27.3 Å². The predicted octanol–water partition coefficient (Wildman–Crippen LogP) is 3.31. The number of nitrogens with zero attached hydrogens (tertiary/aromatic N) is 2. The van der Waals surface area contributed by atoms with Crippen LogP contribution in [0.5, 0.6) is 5.75 Å². The van der Waals surface area contributed by atoms with Gasteiger partial charge in [0.1, 0.15) is 33.4 Å². The summed E-state index contributed by atoms with van der Waals surface area (Å²) in [5.74, 6) is -2.00. The Morgan fingerprint density at radius 2 is 1.97 bits per heavy atom. The Balaban J connectivity index is 1.63. The van der Waals surface area contributed by atoms with E-state index in [0.717, 1.165) is 18.7 Å². The number of nitrogens with one attached hydrogen (secondary N) is 1. The van der Waals surface area contributed by atoms with E-state index >= 15 is 0 Å². The summed E-state index contributed by atoms with van der Waals surface area (Å²) in [6, 6.07) is 4.96. The number of amidine groups is 1. The molecule has 8 nitrogen and oxygen atoms in total. The van der Waals surface area contributed by atoms with Crippen LogP contribution >= 0.6 is 0 Å². The van der Waals surface area contributed by atoms with Crippen LogP contribution in [0.15, 0.2) is 35.5 Å². The normalized spacial score (nSPS) is 22.7. The van der Waals surface area contributed by atoms with Crippen molar-refractivity contribution in [1.82, 2.24) is 4.98 Å². The molecule has 12 heteroatoms. The van der Waals surface area contributed by atoms with Gasteiger partial charge in [0.05, 0.1) is 11.9 Å². The minimum Gasteiger partial charge on any atom is -0.433 e. The van der Waals surface area contributed by atoms with Gasteiger partial charge in [-0.1, -0.05) is 0 Å². The van der Waals surface area contributed by atoms with Crippen molar-refractivity contribution in [3.05, 3.63) is 53.1 Å². The lowest BCUT2D eigenvalue weighted by Gasteiger charge is -2.46. The highest BCUT2D eigenvalue weighted by Crippen LogP contribution is 2.47. The van der Waals surface area contributed by atoms with E-state index in [9.17, 15) is 26.4 Å². The maximum atomic E-state index is 14.8. The first-order valence-electron chi connectivity index (χ1n) is 10.5. The van der Waals surface area contributed by atoms with Crippen molar-refractivity contribution in [3.8, 4) is 5.75 Å². The van der Waals surface area contributed by atoms with Crippen molar-refractivity contribution in [2.45, 2.75) is 50.0 Å². The van der Waals surface area contributed by atoms with E-state index < -0.39 is 44.2 Å². The Morgan fingerprint density at radius 1 is 1.26 bits per heavy atom. The highest BCUT2D eigenvalue weighted by atomic mass is 32.2. The molecule has 2 aliphatic rings. The molecule has 1 aliphatic heterocycles. The van der Waals surface area contributed by atoms with Gasteiger partial charge in [0.15, 0.2) is 9.84 Å². The van der Waals surface area contributed by atoms with Crippen molar-refractivity contribution in [2.24, 2.45) is 10.7 Å². The van der Waals surface area contributed by atoms with E-state index in [1.54, 1.807) is 0 Å². The van der Waals surface area contributed by atoms with Crippen LogP contribution in [-0.2, 0) is 15.4 Å². The Hall–Kier alpha value is -3.15. The number of amides is 1. The molecule has 1 amide bonds. The first-order chi connectivity index (χ1) is 15.9. The molecule has 1 aromatic carbocycles. The third-order valence-electron chi connectivity index (χ3n) is 6.36. The average molecular weight is 497 g/mol. The fourth-order valence-electron chi connectivity index (χ4n) is 4.43. The number of aliphatic imine (C=N–C) groups is 1. The monoisotopic (exact) mass is 496 g/mol. The summed E-state index contributed by atoms with van der Waals surface area (Å²) in [5.41, 5.74) is 4.98. The van der Waals surface area contributed by atoms with Gasteiger partial charge in [-0.25, -0.2) is 17.8 Å². The molecule has 4 rings (SSSR count). The number of halogens is 3. The molecular weight excluding hydrogens is 473 g/mol. The smallest absolute Gasteiger partial charge is 0.387 e. The Labute approximate surface area is 194 Å². The number of hydrogen-bond acceptors (Lipinski definition) is 7. The molecule has 1 atom stereocenters. The molecule has 2 aromatic rings. The number of hydrogen-bond donors (Lipinski definition) is 2. The van der Waals surface area contributed by atoms with Crippen LogP contribution in [0.1, 0.15) is 47.8 Å². The number of ether oxygens (including phenoxy) is 1. The Morgan fingerprint density at radius 3 is 2.53 bits per heavy atom. The van der Waals surface area contributed by atoms with E-state index in [1.165, 1.54) is 32.0 Å². The van der Waals surface area contributed by atoms with Gasteiger partial charge < -0.3 is 15.8 Å². The number of rotatable bonds is 5. The first kappa shape index (κ1) is 24.0. The molecule has 182 valence electrons. The summed E-state index contributed by atoms with van der Waals surface area (Å²) in [5, 5.41) is 2.57. The third kappa shape index (κ3) is 3.99. The first-order valence-corrected chi connectivity index (χ1v) is 12.1. The molecule has 0 radical (unpaired) electrons. The standard InChI is InChI=1S/C22H23F3N4O4S/c1-12-8-14(33-20(24)25)10-27-17(12)18(30)28-13-4-5-16(23)15(9-13)21(2)11-34(31,32)22(6-3-7-22)19(26)29-21/h4-5,8-10,20H,3,6-7,11H2,1-2H3,(H2,26,29)(H,28,30). The van der Waals surface area contributed by atoms with Crippen molar-refractivity contribution in [2.75, 3.05) is 11.1 Å². The minimum absolute atomic E-state index is 0.0210. The molecule has 0 saturated heterocycles. The zero-order valence-electron chi connectivity index (χ0n) is 18.4. The lowest BCUT2D eigenvalue weighted by atomic mass is 9.82. The Bertz CT molecular complexity index is 1300. The molecule has 34 heavy (non-hydrogen) atoms. The molecule has 3 N–H and O–H groups in total. The third-order valence-corrected chi connectivity index (χ3v) is 9.11. The van der Waals surface area contributed by atoms with Gasteiger partial charge in [0, 0.05) is 11.3 Å². The van der Waals surface area contributed by atoms with E-state index in [2.05, 4.69) is 20.0 Å². The molecular formula is C22H23F3N4O4S. The van der Waals surface area contributed by atoms with Crippen molar-refractivity contribution in [1.29, 1.82) is 0 Å². The number of carbonyl (C=O) groups is 1. The molecule has 1 aromatic heterocycles. The van der Waals surface area contributed by atoms with Crippen molar-refractivity contribution < 1.29 is 31.1 Å². The minimum atomic E-state index is -3.69. The summed E-state index contributed by atoms with van der Waals surface area (Å²) >= 11 is 0. The quantitative estimate of drug-likeness (QED) is 0.655. The van der Waals surface area contributed by atoms with E-state index in [0.29, 0.717) is 12.8 Å². The maximum Gasteiger partial charge on any atom is 0.387 e. The van der Waals surface area contributed by atoms with E-state index in [1.807, 2.05) is 0 Å². The lowest BCUT2D eigenvalue weighted by molar-refractivity contribution is -0.0501. The second kappa shape index (κ2) is 8.26. The number of aromatic nitrogens is 1. The van der Waals surface area contributed by atoms with Gasteiger partial charge in [-0.15, -0.1) is 0 Å². The largest absolute Gasteiger partial charge is 0.433 e. The highest BCUT2D eigenvalue weighted by molar-refractivity contribution is 7.93. The zero-order valence-corrected chi connectivity index (χ0v) is 19.3. The van der Waals surface area contributed by atoms with Gasteiger partial charge in [0.25, 0.3) is 5.91 Å². The summed E-state index contributed by atoms with van der Waals surface area (Å²) in [6.07, 6.45) is 2.51. The molecule has 1 spiro atoms. The van der Waals surface area contributed by atoms with E-state index in [-0.39, 0.29) is 34.1 Å². The van der Waals surface area contributed by atoms with Crippen LogP contribution in [0.25, 0.3) is 0 Å². The van der Waals surface area contributed by atoms with Crippen LogP contribution in [0.4, 0.5) is 18.9 Å². The topological polar surface area (TPSA) is 124 Å². The maximum absolute atomic E-state index is 14.8. The van der Waals surface area contributed by atoms with Crippen LogP contribution in [0.2, 0.25) is 0 Å². The fraction of sp³-hybridized carbons (Fsp3) is 0.409. The van der Waals surface area contributed by atoms with Crippen LogP contribution < -0.4 is 15.8 Å². The van der Waals surface area contributed by atoms with Gasteiger partial charge in [-0.05, 0) is 62.9 Å². The second-order valence-corrected chi connectivity index (χ2v) is 11.0. The molecule has 2 heterocycles. The fourth-order valence-corrected chi connectivity index (χ4v) is 6.94. The number of anilines is 1. The number of alkyl halides is 2. The summed E-state index contributed by atoms with van der Waals surface area (Å²) in [6.45, 7) is -0.0438. The lowest BCUT2D eigenvalue weighted by Crippen LogP contribution is -2.61. The van der Waals surface area contributed by atoms with Crippen LogP contribution in [-0.4, -0.2) is 42.3 Å². The predicted molar refractivity (Wildman–Crippen MR) is 119 cm³/mol. The van der Waals surface area contributed by atoms with Crippen LogP contribution in [0, 0.1) is 12.7 Å². The molecule has 1 unspecified atom stereocenters. The number of pyridine rings is 1. The molecule has 0 bridgehead atoms. The second-order valence-electron chi connectivity index (χ2n) is 8.74. The molecule has 1 fully saturated rings. The van der Waals surface area contributed by atoms with Gasteiger partial charge in [-0.2, -0.15) is 8.78 Å². The van der Waals surface area contributed by atoms with Gasteiger partial charge in [-0.3, -0.25) is 9.79 Å².